The molecule has 4 aromatic rings. The van der Waals surface area contributed by atoms with E-state index in [9.17, 15) is 14.0 Å². The number of amides is 2. The Bertz CT molecular complexity index is 1700. The van der Waals surface area contributed by atoms with E-state index in [1.54, 1.807) is 61.9 Å². The maximum Gasteiger partial charge on any atom is 0.414 e. The maximum atomic E-state index is 13.8. The highest BCUT2D eigenvalue weighted by molar-refractivity contribution is 6.35. The lowest BCUT2D eigenvalue weighted by atomic mass is 9.98. The number of nitrogens with zero attached hydrogens (tertiary/aromatic N) is 3. The van der Waals surface area contributed by atoms with Crippen LogP contribution in [0.4, 0.5) is 9.18 Å². The van der Waals surface area contributed by atoms with Gasteiger partial charge in [0.15, 0.2) is 5.69 Å². The third-order valence-electron chi connectivity index (χ3n) is 6.89. The number of nitrogens with one attached hydrogen (secondary N) is 1. The number of carbonyl (C=O) groups excluding carboxylic acids is 2. The second-order valence-electron chi connectivity index (χ2n) is 11.3. The lowest BCUT2D eigenvalue weighted by Crippen LogP contribution is -2.40. The summed E-state index contributed by atoms with van der Waals surface area (Å²) in [4.78, 5) is 28.8. The first kappa shape index (κ1) is 30.3. The van der Waals surface area contributed by atoms with Crippen LogP contribution in [-0.2, 0) is 11.2 Å². The summed E-state index contributed by atoms with van der Waals surface area (Å²) in [6.07, 6.45) is 1.51. The molecule has 0 spiro atoms. The second kappa shape index (κ2) is 12.2. The Morgan fingerprint density at radius 3 is 2.40 bits per heavy atom. The highest BCUT2D eigenvalue weighted by atomic mass is 35.5. The average Bonchev–Trinajstić information content (AvgIpc) is 3.34. The van der Waals surface area contributed by atoms with E-state index >= 15 is 0 Å². The van der Waals surface area contributed by atoms with Gasteiger partial charge < -0.3 is 10.1 Å². The molecule has 222 valence electrons. The second-order valence-corrected chi connectivity index (χ2v) is 12.1. The smallest absolute Gasteiger partial charge is 0.414 e. The van der Waals surface area contributed by atoms with Crippen molar-refractivity contribution >= 4 is 47.0 Å². The molecule has 1 aromatic heterocycles. The molecule has 0 aliphatic carbocycles. The molecule has 0 radical (unpaired) electrons. The Morgan fingerprint density at radius 1 is 1.05 bits per heavy atom. The van der Waals surface area contributed by atoms with Gasteiger partial charge in [0.25, 0.3) is 5.91 Å². The van der Waals surface area contributed by atoms with E-state index in [4.69, 9.17) is 33.0 Å². The summed E-state index contributed by atoms with van der Waals surface area (Å²) in [6, 6.07) is 20.2. The molecular formula is C33H31Cl2FN4O3. The molecule has 0 bridgehead atoms. The van der Waals surface area contributed by atoms with Gasteiger partial charge in [-0.2, -0.15) is 5.10 Å². The molecule has 2 heterocycles. The fourth-order valence-corrected chi connectivity index (χ4v) is 5.38. The molecule has 10 heteroatoms. The Balaban J connectivity index is 1.69. The number of carbonyl (C=O) groups is 2. The van der Waals surface area contributed by atoms with Crippen molar-refractivity contribution < 1.29 is 18.7 Å². The van der Waals surface area contributed by atoms with Crippen molar-refractivity contribution in [3.63, 3.8) is 0 Å². The number of halogens is 3. The molecule has 7 nitrogen and oxygen atoms in total. The molecule has 43 heavy (non-hydrogen) atoms. The van der Waals surface area contributed by atoms with Crippen molar-refractivity contribution in [3.05, 3.63) is 117 Å². The summed E-state index contributed by atoms with van der Waals surface area (Å²) in [7, 11) is 0. The normalized spacial score (nSPS) is 14.8. The predicted molar refractivity (Wildman–Crippen MR) is 167 cm³/mol. The molecular weight excluding hydrogens is 590 g/mol. The van der Waals surface area contributed by atoms with E-state index in [2.05, 4.69) is 5.32 Å². The molecule has 0 saturated heterocycles. The molecule has 1 N–H and O–H groups in total. The Kier molecular flexibility index (Phi) is 8.62. The minimum absolute atomic E-state index is 0.206. The van der Waals surface area contributed by atoms with Gasteiger partial charge in [-0.05, 0) is 81.7 Å². The molecule has 5 rings (SSSR count). The van der Waals surface area contributed by atoms with Crippen molar-refractivity contribution in [2.45, 2.75) is 45.8 Å². The van der Waals surface area contributed by atoms with Gasteiger partial charge in [-0.25, -0.2) is 13.9 Å². The van der Waals surface area contributed by atoms with Crippen LogP contribution in [0.25, 0.3) is 17.5 Å². The molecule has 2 amide bonds. The van der Waals surface area contributed by atoms with Crippen molar-refractivity contribution in [3.8, 4) is 5.69 Å². The van der Waals surface area contributed by atoms with E-state index in [0.717, 1.165) is 5.56 Å². The number of ether oxygens (including phenoxy) is 1. The third kappa shape index (κ3) is 6.76. The summed E-state index contributed by atoms with van der Waals surface area (Å²) in [6.45, 7) is 7.49. The summed E-state index contributed by atoms with van der Waals surface area (Å²) in [5, 5.41) is 8.56. The van der Waals surface area contributed by atoms with Gasteiger partial charge in [-0.15, -0.1) is 0 Å². The molecule has 0 unspecified atom stereocenters. The number of fused-ring (bicyclic) bond motifs is 1. The minimum atomic E-state index is -0.753. The largest absolute Gasteiger partial charge is 0.443 e. The van der Waals surface area contributed by atoms with E-state index < -0.39 is 11.7 Å². The Labute approximate surface area is 259 Å². The van der Waals surface area contributed by atoms with Gasteiger partial charge in [-0.1, -0.05) is 65.7 Å². The van der Waals surface area contributed by atoms with Crippen LogP contribution in [-0.4, -0.2) is 38.8 Å². The number of benzene rings is 3. The monoisotopic (exact) mass is 620 g/mol. The summed E-state index contributed by atoms with van der Waals surface area (Å²) in [5.41, 5.74) is 3.05. The van der Waals surface area contributed by atoms with E-state index in [-0.39, 0.29) is 30.0 Å². The van der Waals surface area contributed by atoms with Gasteiger partial charge in [0, 0.05) is 17.1 Å². The molecule has 1 atom stereocenters. The molecule has 0 saturated carbocycles. The van der Waals surface area contributed by atoms with Crippen LogP contribution >= 0.6 is 23.2 Å². The van der Waals surface area contributed by atoms with Gasteiger partial charge in [0.1, 0.15) is 11.4 Å². The SMILES string of the molecule is C[C@@H](NC(=O)c1nn(-c2ccc(Cl)cc2Cl)c2c1CCN(C(=O)OC(C)(C)C)/C2=C/c1ccc(F)cc1)c1ccccc1. The van der Waals surface area contributed by atoms with Crippen LogP contribution in [0.1, 0.15) is 66.6 Å². The van der Waals surface area contributed by atoms with Crippen LogP contribution in [0.5, 0.6) is 0 Å². The number of aromatic nitrogens is 2. The lowest BCUT2D eigenvalue weighted by molar-refractivity contribution is 0.0351. The maximum absolute atomic E-state index is 13.8. The summed E-state index contributed by atoms with van der Waals surface area (Å²) in [5.74, 6) is -0.761. The van der Waals surface area contributed by atoms with Crippen molar-refractivity contribution in [2.24, 2.45) is 0 Å². The number of hydrogen-bond acceptors (Lipinski definition) is 4. The quantitative estimate of drug-likeness (QED) is 0.244. The van der Waals surface area contributed by atoms with Crippen LogP contribution < -0.4 is 5.32 Å². The zero-order chi connectivity index (χ0) is 30.9. The standard InChI is InChI=1S/C33H31Cl2FN4O3/c1-20(22-8-6-5-7-9-22)37-31(41)29-25-16-17-39(32(42)43-33(2,3)4)28(18-21-10-13-24(36)14-11-21)30(25)40(38-29)27-15-12-23(34)19-26(27)35/h5-15,18-20H,16-17H2,1-4H3,(H,37,41)/b28-18+/t20-/m1/s1. The van der Waals surface area contributed by atoms with Crippen LogP contribution in [0.3, 0.4) is 0 Å². The first-order valence-electron chi connectivity index (χ1n) is 13.8. The zero-order valence-corrected chi connectivity index (χ0v) is 25.7. The highest BCUT2D eigenvalue weighted by Gasteiger charge is 2.37. The van der Waals surface area contributed by atoms with Gasteiger partial charge in [0.05, 0.1) is 28.1 Å². The topological polar surface area (TPSA) is 76.5 Å². The van der Waals surface area contributed by atoms with Crippen LogP contribution in [0.2, 0.25) is 10.0 Å². The average molecular weight is 622 g/mol. The third-order valence-corrected chi connectivity index (χ3v) is 7.43. The van der Waals surface area contributed by atoms with Crippen molar-refractivity contribution in [1.82, 2.24) is 20.0 Å². The Morgan fingerprint density at radius 2 is 1.74 bits per heavy atom. The van der Waals surface area contributed by atoms with Gasteiger partial charge >= 0.3 is 6.09 Å². The summed E-state index contributed by atoms with van der Waals surface area (Å²) < 4.78 is 21.1. The number of rotatable bonds is 5. The highest BCUT2D eigenvalue weighted by Crippen LogP contribution is 2.37. The Hall–Kier alpha value is -4.14. The molecule has 1 aliphatic rings. The first-order valence-corrected chi connectivity index (χ1v) is 14.6. The fourth-order valence-electron chi connectivity index (χ4n) is 4.89. The molecule has 3 aromatic carbocycles. The number of hydrogen-bond donors (Lipinski definition) is 1. The van der Waals surface area contributed by atoms with Gasteiger partial charge in [-0.3, -0.25) is 9.69 Å². The zero-order valence-electron chi connectivity index (χ0n) is 24.2. The predicted octanol–water partition coefficient (Wildman–Crippen LogP) is 8.10. The lowest BCUT2D eigenvalue weighted by Gasteiger charge is -2.32. The van der Waals surface area contributed by atoms with Crippen LogP contribution in [0.15, 0.2) is 72.8 Å². The van der Waals surface area contributed by atoms with Gasteiger partial charge in [0.2, 0.25) is 0 Å². The molecule has 1 aliphatic heterocycles. The van der Waals surface area contributed by atoms with E-state index in [0.29, 0.717) is 44.7 Å². The first-order chi connectivity index (χ1) is 20.4. The van der Waals surface area contributed by atoms with Crippen molar-refractivity contribution in [2.75, 3.05) is 6.54 Å². The van der Waals surface area contributed by atoms with Crippen molar-refractivity contribution in [1.29, 1.82) is 0 Å². The van der Waals surface area contributed by atoms with E-state index in [1.807, 2.05) is 37.3 Å². The minimum Gasteiger partial charge on any atom is -0.443 e. The summed E-state index contributed by atoms with van der Waals surface area (Å²) >= 11 is 12.9. The van der Waals surface area contributed by atoms with E-state index in [1.165, 1.54) is 17.0 Å². The molecule has 0 fully saturated rings. The fraction of sp³-hybridized carbons (Fsp3) is 0.242. The van der Waals surface area contributed by atoms with Crippen LogP contribution in [0, 0.1) is 5.82 Å².